The van der Waals surface area contributed by atoms with Gasteiger partial charge in [-0.3, -0.25) is 0 Å². The van der Waals surface area contributed by atoms with Gasteiger partial charge in [-0.25, -0.2) is 0 Å². The van der Waals surface area contributed by atoms with Gasteiger partial charge in [0.2, 0.25) is 0 Å². The maximum absolute atomic E-state index is 10.1. The highest BCUT2D eigenvalue weighted by molar-refractivity contribution is 5.00. The summed E-state index contributed by atoms with van der Waals surface area (Å²) in [6.45, 7) is -0.464. The quantitative estimate of drug-likeness (QED) is 0.248. The molecule has 2 aliphatic rings. The zero-order valence-corrected chi connectivity index (χ0v) is 12.1. The third-order valence-corrected chi connectivity index (χ3v) is 4.41. The molecule has 10 nitrogen and oxygen atoms in total. The highest BCUT2D eigenvalue weighted by Crippen LogP contribution is 2.26. The van der Waals surface area contributed by atoms with Crippen molar-refractivity contribution in [3.8, 4) is 0 Å². The fourth-order valence-corrected chi connectivity index (χ4v) is 2.90. The average molecular weight is 322 g/mol. The topological polar surface area (TPSA) is 203 Å². The maximum Gasteiger partial charge on any atom is 0.175 e. The molecule has 1 saturated heterocycles. The second-order valence-electron chi connectivity index (χ2n) is 6.02. The summed E-state index contributed by atoms with van der Waals surface area (Å²) in [6, 6.07) is -3.04. The Labute approximate surface area is 128 Å². The largest absolute Gasteiger partial charge is 0.394 e. The summed E-state index contributed by atoms with van der Waals surface area (Å²) in [5.41, 5.74) is 23.3. The van der Waals surface area contributed by atoms with Crippen LogP contribution in [0.25, 0.3) is 0 Å². The van der Waals surface area contributed by atoms with Gasteiger partial charge in [-0.1, -0.05) is 0 Å². The molecule has 130 valence electrons. The summed E-state index contributed by atoms with van der Waals surface area (Å²) in [7, 11) is 0. The summed E-state index contributed by atoms with van der Waals surface area (Å²) in [5.74, 6) is 0. The summed E-state index contributed by atoms with van der Waals surface area (Å²) in [5, 5.41) is 38.9. The summed E-state index contributed by atoms with van der Waals surface area (Å²) in [4.78, 5) is 0. The number of nitrogens with two attached hydrogens (primary N) is 4. The smallest absolute Gasteiger partial charge is 0.175 e. The van der Waals surface area contributed by atoms with Crippen molar-refractivity contribution >= 4 is 0 Å². The van der Waals surface area contributed by atoms with Gasteiger partial charge in [0.25, 0.3) is 0 Å². The van der Waals surface area contributed by atoms with Crippen molar-refractivity contribution in [2.24, 2.45) is 22.9 Å². The van der Waals surface area contributed by atoms with Crippen LogP contribution >= 0.6 is 0 Å². The van der Waals surface area contributed by atoms with Gasteiger partial charge in [0.05, 0.1) is 30.9 Å². The van der Waals surface area contributed by atoms with Crippen molar-refractivity contribution in [3.05, 3.63) is 0 Å². The Morgan fingerprint density at radius 3 is 2.14 bits per heavy atom. The first-order chi connectivity index (χ1) is 10.3. The van der Waals surface area contributed by atoms with E-state index in [1.807, 2.05) is 0 Å². The van der Waals surface area contributed by atoms with Crippen LogP contribution in [-0.4, -0.2) is 88.0 Å². The van der Waals surface area contributed by atoms with E-state index in [9.17, 15) is 20.4 Å². The predicted molar refractivity (Wildman–Crippen MR) is 75.2 cm³/mol. The van der Waals surface area contributed by atoms with Crippen molar-refractivity contribution < 1.29 is 29.9 Å². The second kappa shape index (κ2) is 7.01. The lowest BCUT2D eigenvalue weighted by Crippen LogP contribution is -2.68. The molecule has 2 rings (SSSR count). The van der Waals surface area contributed by atoms with Gasteiger partial charge in [-0.2, -0.15) is 0 Å². The third kappa shape index (κ3) is 3.26. The van der Waals surface area contributed by atoms with Crippen LogP contribution in [0.15, 0.2) is 0 Å². The first-order valence-corrected chi connectivity index (χ1v) is 7.26. The van der Waals surface area contributed by atoms with Gasteiger partial charge in [0.1, 0.15) is 18.3 Å². The summed E-state index contributed by atoms with van der Waals surface area (Å²) >= 11 is 0. The molecule has 0 bridgehead atoms. The Balaban J connectivity index is 2.08. The van der Waals surface area contributed by atoms with E-state index in [2.05, 4.69) is 0 Å². The highest BCUT2D eigenvalue weighted by Gasteiger charge is 2.47. The molecule has 2 fully saturated rings. The molecule has 0 aromatic rings. The standard InChI is InChI=1S/C12H26N4O6/c13-3-1-4(14)11(10(20)8(3)18)22-12-7(16)6(15)9(19)5(2-17)21-12/h3-12,17-20H,1-2,13-16H2/t3-,4?,5?,6-,7?,8?,9-,10-,11-,12-/m1/s1. The summed E-state index contributed by atoms with van der Waals surface area (Å²) in [6.07, 6.45) is -6.35. The van der Waals surface area contributed by atoms with Crippen LogP contribution in [0.2, 0.25) is 0 Å². The minimum absolute atomic E-state index is 0.253. The molecule has 0 spiro atoms. The van der Waals surface area contributed by atoms with Crippen LogP contribution in [0, 0.1) is 0 Å². The molecule has 0 aromatic carbocycles. The van der Waals surface area contributed by atoms with Gasteiger partial charge in [-0.05, 0) is 6.42 Å². The van der Waals surface area contributed by atoms with E-state index in [1.54, 1.807) is 0 Å². The lowest BCUT2D eigenvalue weighted by Gasteiger charge is -2.46. The van der Waals surface area contributed by atoms with Crippen LogP contribution in [0.3, 0.4) is 0 Å². The van der Waals surface area contributed by atoms with Crippen LogP contribution in [0.4, 0.5) is 0 Å². The zero-order valence-electron chi connectivity index (χ0n) is 12.1. The normalized spacial score (nSPS) is 53.5. The Morgan fingerprint density at radius 2 is 1.55 bits per heavy atom. The minimum Gasteiger partial charge on any atom is -0.394 e. The molecule has 0 aromatic heterocycles. The monoisotopic (exact) mass is 322 g/mol. The van der Waals surface area contributed by atoms with Crippen molar-refractivity contribution in [1.82, 2.24) is 0 Å². The van der Waals surface area contributed by atoms with Crippen LogP contribution in [-0.2, 0) is 9.47 Å². The zero-order chi connectivity index (χ0) is 16.6. The first kappa shape index (κ1) is 17.9. The van der Waals surface area contributed by atoms with Crippen molar-refractivity contribution in [2.45, 2.75) is 67.4 Å². The Morgan fingerprint density at radius 1 is 0.909 bits per heavy atom. The van der Waals surface area contributed by atoms with E-state index in [-0.39, 0.29) is 6.42 Å². The Hall–Kier alpha value is -0.400. The van der Waals surface area contributed by atoms with E-state index in [0.29, 0.717) is 0 Å². The molecule has 1 saturated carbocycles. The SMILES string of the molecule is NC1[C@@H](O[C@@H]2C(N)C[C@@H](N)C(O)[C@H]2O)OC(CO)[C@@H](O)[C@@H]1N. The van der Waals surface area contributed by atoms with Crippen molar-refractivity contribution in [3.63, 3.8) is 0 Å². The maximum atomic E-state index is 10.1. The molecular formula is C12H26N4O6. The fraction of sp³-hybridized carbons (Fsp3) is 1.00. The molecule has 0 radical (unpaired) electrons. The molecule has 22 heavy (non-hydrogen) atoms. The highest BCUT2D eigenvalue weighted by atomic mass is 16.7. The lowest BCUT2D eigenvalue weighted by atomic mass is 9.84. The molecule has 10 heteroatoms. The molecule has 0 amide bonds. The van der Waals surface area contributed by atoms with Gasteiger partial charge < -0.3 is 52.8 Å². The molecule has 1 aliphatic carbocycles. The molecule has 4 unspecified atom stereocenters. The number of hydrogen-bond acceptors (Lipinski definition) is 10. The summed E-state index contributed by atoms with van der Waals surface area (Å²) < 4.78 is 11.0. The van der Waals surface area contributed by atoms with Crippen LogP contribution in [0.5, 0.6) is 0 Å². The number of ether oxygens (including phenoxy) is 2. The third-order valence-electron chi connectivity index (χ3n) is 4.41. The van der Waals surface area contributed by atoms with Crippen LogP contribution in [0.1, 0.15) is 6.42 Å². The van der Waals surface area contributed by atoms with E-state index >= 15 is 0 Å². The number of hydrogen-bond donors (Lipinski definition) is 8. The van der Waals surface area contributed by atoms with E-state index in [1.165, 1.54) is 0 Å². The van der Waals surface area contributed by atoms with E-state index in [0.717, 1.165) is 0 Å². The van der Waals surface area contributed by atoms with E-state index < -0.39 is 67.6 Å². The van der Waals surface area contributed by atoms with Gasteiger partial charge >= 0.3 is 0 Å². The molecule has 1 heterocycles. The minimum atomic E-state index is -1.30. The van der Waals surface area contributed by atoms with Gasteiger partial charge in [0.15, 0.2) is 6.29 Å². The molecule has 12 N–H and O–H groups in total. The predicted octanol–water partition coefficient (Wildman–Crippen LogP) is -5.12. The van der Waals surface area contributed by atoms with Crippen molar-refractivity contribution in [2.75, 3.05) is 6.61 Å². The number of aliphatic hydroxyl groups is 4. The van der Waals surface area contributed by atoms with Crippen LogP contribution < -0.4 is 22.9 Å². The van der Waals surface area contributed by atoms with E-state index in [4.69, 9.17) is 32.4 Å². The fourth-order valence-electron chi connectivity index (χ4n) is 2.90. The lowest BCUT2D eigenvalue weighted by molar-refractivity contribution is -0.277. The second-order valence-corrected chi connectivity index (χ2v) is 6.02. The van der Waals surface area contributed by atoms with Gasteiger partial charge in [-0.15, -0.1) is 0 Å². The number of aliphatic hydroxyl groups excluding tert-OH is 4. The Bertz CT molecular complexity index is 376. The van der Waals surface area contributed by atoms with Gasteiger partial charge in [0, 0.05) is 12.1 Å². The molecule has 1 aliphatic heterocycles. The average Bonchev–Trinajstić information content (AvgIpc) is 2.49. The number of rotatable bonds is 3. The first-order valence-electron chi connectivity index (χ1n) is 7.26. The van der Waals surface area contributed by atoms with Crippen molar-refractivity contribution in [1.29, 1.82) is 0 Å². The Kier molecular flexibility index (Phi) is 5.72. The molecular weight excluding hydrogens is 296 g/mol. The molecule has 10 atom stereocenters.